The number of rotatable bonds is 2. The van der Waals surface area contributed by atoms with E-state index >= 15 is 0 Å². The molecule has 0 saturated heterocycles. The lowest BCUT2D eigenvalue weighted by Crippen LogP contribution is -1.98. The smallest absolute Gasteiger partial charge is 0.263 e. The van der Waals surface area contributed by atoms with E-state index in [1.54, 1.807) is 30.3 Å². The average Bonchev–Trinajstić information content (AvgIpc) is 2.29. The summed E-state index contributed by atoms with van der Waals surface area (Å²) in [5, 5.41) is 0. The van der Waals surface area contributed by atoms with E-state index in [0.29, 0.717) is 11.3 Å². The number of halogens is 1. The summed E-state index contributed by atoms with van der Waals surface area (Å²) in [6.07, 6.45) is 0. The Kier molecular flexibility index (Phi) is 3.19. The van der Waals surface area contributed by atoms with Gasteiger partial charge in [-0.05, 0) is 35.4 Å². The minimum Gasteiger partial charge on any atom is -0.399 e. The first-order valence-electron chi connectivity index (χ1n) is 5.08. The minimum atomic E-state index is -3.85. The van der Waals surface area contributed by atoms with Crippen LogP contribution in [0, 0.1) is 0 Å². The van der Waals surface area contributed by atoms with Gasteiger partial charge < -0.3 is 11.5 Å². The molecule has 0 atom stereocenters. The second-order valence-electron chi connectivity index (χ2n) is 3.81. The Morgan fingerprint density at radius 3 is 2.00 bits per heavy atom. The maximum Gasteiger partial charge on any atom is 0.263 e. The molecule has 0 bridgehead atoms. The van der Waals surface area contributed by atoms with Gasteiger partial charge in [0.25, 0.3) is 9.05 Å². The standard InChI is InChI=1S/C12H11ClN2O2S/c13-18(16,17)12-7-9(3-6-11(12)15)8-1-4-10(14)5-2-8/h1-7H,14-15H2. The summed E-state index contributed by atoms with van der Waals surface area (Å²) in [5.74, 6) is 0. The number of nitrogens with two attached hydrogens (primary N) is 2. The van der Waals surface area contributed by atoms with Crippen LogP contribution in [0.4, 0.5) is 11.4 Å². The van der Waals surface area contributed by atoms with Crippen LogP contribution in [0.5, 0.6) is 0 Å². The molecule has 2 aromatic rings. The Hall–Kier alpha value is -1.72. The number of hydrogen-bond donors (Lipinski definition) is 2. The number of anilines is 2. The van der Waals surface area contributed by atoms with Crippen LogP contribution in [0.3, 0.4) is 0 Å². The highest BCUT2D eigenvalue weighted by atomic mass is 35.7. The van der Waals surface area contributed by atoms with Gasteiger partial charge in [-0.2, -0.15) is 0 Å². The topological polar surface area (TPSA) is 86.2 Å². The Bertz CT molecular complexity index is 682. The highest BCUT2D eigenvalue weighted by Crippen LogP contribution is 2.29. The number of benzene rings is 2. The fraction of sp³-hybridized carbons (Fsp3) is 0. The van der Waals surface area contributed by atoms with Crippen molar-refractivity contribution in [3.05, 3.63) is 42.5 Å². The molecule has 0 fully saturated rings. The first-order chi connectivity index (χ1) is 8.38. The largest absolute Gasteiger partial charge is 0.399 e. The normalized spacial score (nSPS) is 11.4. The van der Waals surface area contributed by atoms with Crippen molar-refractivity contribution in [2.24, 2.45) is 0 Å². The van der Waals surface area contributed by atoms with Gasteiger partial charge in [-0.15, -0.1) is 0 Å². The van der Waals surface area contributed by atoms with Crippen molar-refractivity contribution in [3.63, 3.8) is 0 Å². The molecule has 0 aromatic heterocycles. The third-order valence-electron chi connectivity index (χ3n) is 2.52. The van der Waals surface area contributed by atoms with E-state index in [1.165, 1.54) is 12.1 Å². The quantitative estimate of drug-likeness (QED) is 0.654. The zero-order valence-electron chi connectivity index (χ0n) is 9.30. The van der Waals surface area contributed by atoms with Crippen LogP contribution in [0.2, 0.25) is 0 Å². The molecule has 0 spiro atoms. The van der Waals surface area contributed by atoms with Gasteiger partial charge in [-0.1, -0.05) is 18.2 Å². The van der Waals surface area contributed by atoms with Crippen LogP contribution in [0.1, 0.15) is 0 Å². The fourth-order valence-corrected chi connectivity index (χ4v) is 2.62. The lowest BCUT2D eigenvalue weighted by molar-refractivity contribution is 0.610. The number of hydrogen-bond acceptors (Lipinski definition) is 4. The maximum atomic E-state index is 11.4. The van der Waals surface area contributed by atoms with Crippen LogP contribution >= 0.6 is 10.7 Å². The summed E-state index contributed by atoms with van der Waals surface area (Å²) in [5.41, 5.74) is 13.5. The summed E-state index contributed by atoms with van der Waals surface area (Å²) < 4.78 is 22.7. The fourth-order valence-electron chi connectivity index (χ4n) is 1.60. The molecule has 18 heavy (non-hydrogen) atoms. The summed E-state index contributed by atoms with van der Waals surface area (Å²) >= 11 is 0. The van der Waals surface area contributed by atoms with Crippen molar-refractivity contribution < 1.29 is 8.42 Å². The summed E-state index contributed by atoms with van der Waals surface area (Å²) in [4.78, 5) is -0.0847. The van der Waals surface area contributed by atoms with Crippen molar-refractivity contribution in [2.75, 3.05) is 11.5 Å². The lowest BCUT2D eigenvalue weighted by Gasteiger charge is -2.06. The Morgan fingerprint density at radius 2 is 1.44 bits per heavy atom. The number of nitrogen functional groups attached to an aromatic ring is 2. The molecule has 94 valence electrons. The average molecular weight is 283 g/mol. The third kappa shape index (κ3) is 2.57. The zero-order valence-corrected chi connectivity index (χ0v) is 10.9. The molecule has 0 heterocycles. The lowest BCUT2D eigenvalue weighted by atomic mass is 10.1. The van der Waals surface area contributed by atoms with Crippen LogP contribution in [0.15, 0.2) is 47.4 Å². The van der Waals surface area contributed by atoms with Crippen LogP contribution in [0.25, 0.3) is 11.1 Å². The van der Waals surface area contributed by atoms with Gasteiger partial charge in [0.2, 0.25) is 0 Å². The molecule has 0 aliphatic rings. The molecular weight excluding hydrogens is 272 g/mol. The van der Waals surface area contributed by atoms with Crippen LogP contribution in [-0.2, 0) is 9.05 Å². The van der Waals surface area contributed by atoms with E-state index in [2.05, 4.69) is 0 Å². The molecule has 4 N–H and O–H groups in total. The summed E-state index contributed by atoms with van der Waals surface area (Å²) in [6.45, 7) is 0. The highest BCUT2D eigenvalue weighted by molar-refractivity contribution is 8.13. The van der Waals surface area contributed by atoms with Crippen molar-refractivity contribution in [1.29, 1.82) is 0 Å². The van der Waals surface area contributed by atoms with Crippen molar-refractivity contribution >= 4 is 31.1 Å². The van der Waals surface area contributed by atoms with Crippen molar-refractivity contribution in [2.45, 2.75) is 4.90 Å². The van der Waals surface area contributed by atoms with E-state index in [0.717, 1.165) is 5.56 Å². The van der Waals surface area contributed by atoms with Crippen LogP contribution < -0.4 is 11.5 Å². The second kappa shape index (κ2) is 4.51. The van der Waals surface area contributed by atoms with Crippen molar-refractivity contribution in [3.8, 4) is 11.1 Å². The van der Waals surface area contributed by atoms with Gasteiger partial charge in [-0.3, -0.25) is 0 Å². The molecule has 0 aliphatic carbocycles. The van der Waals surface area contributed by atoms with E-state index in [1.807, 2.05) is 0 Å². The molecule has 0 radical (unpaired) electrons. The molecule has 4 nitrogen and oxygen atoms in total. The van der Waals surface area contributed by atoms with Gasteiger partial charge in [0, 0.05) is 16.4 Å². The Balaban J connectivity index is 2.57. The minimum absolute atomic E-state index is 0.0847. The van der Waals surface area contributed by atoms with Gasteiger partial charge >= 0.3 is 0 Å². The predicted octanol–water partition coefficient (Wildman–Crippen LogP) is 2.45. The van der Waals surface area contributed by atoms with E-state index < -0.39 is 9.05 Å². The molecule has 6 heteroatoms. The van der Waals surface area contributed by atoms with Gasteiger partial charge in [0.15, 0.2) is 0 Å². The predicted molar refractivity (Wildman–Crippen MR) is 73.7 cm³/mol. The van der Waals surface area contributed by atoms with E-state index in [4.69, 9.17) is 22.1 Å². The van der Waals surface area contributed by atoms with Gasteiger partial charge in [-0.25, -0.2) is 8.42 Å². The monoisotopic (exact) mass is 282 g/mol. The van der Waals surface area contributed by atoms with E-state index in [9.17, 15) is 8.42 Å². The zero-order chi connectivity index (χ0) is 13.3. The molecular formula is C12H11ClN2O2S. The van der Waals surface area contributed by atoms with Crippen molar-refractivity contribution in [1.82, 2.24) is 0 Å². The highest BCUT2D eigenvalue weighted by Gasteiger charge is 2.15. The molecule has 2 rings (SSSR count). The van der Waals surface area contributed by atoms with Crippen LogP contribution in [-0.4, -0.2) is 8.42 Å². The summed E-state index contributed by atoms with van der Waals surface area (Å²) in [7, 11) is 1.47. The SMILES string of the molecule is Nc1ccc(-c2ccc(N)c(S(=O)(=O)Cl)c2)cc1. The maximum absolute atomic E-state index is 11.4. The first-order valence-corrected chi connectivity index (χ1v) is 7.39. The third-order valence-corrected chi connectivity index (χ3v) is 3.90. The Morgan fingerprint density at radius 1 is 0.889 bits per heavy atom. The molecule has 0 amide bonds. The summed E-state index contributed by atoms with van der Waals surface area (Å²) in [6, 6.07) is 11.8. The van der Waals surface area contributed by atoms with E-state index in [-0.39, 0.29) is 10.6 Å². The second-order valence-corrected chi connectivity index (χ2v) is 6.35. The van der Waals surface area contributed by atoms with Gasteiger partial charge in [0.05, 0.1) is 5.69 Å². The first kappa shape index (κ1) is 12.7. The Labute approximate surface area is 110 Å². The molecule has 0 saturated carbocycles. The molecule has 0 aliphatic heterocycles. The molecule has 0 unspecified atom stereocenters. The molecule has 2 aromatic carbocycles. The van der Waals surface area contributed by atoms with Gasteiger partial charge in [0.1, 0.15) is 4.90 Å².